The number of ether oxygens (including phenoxy) is 1. The van der Waals surface area contributed by atoms with Gasteiger partial charge >= 0.3 is 0 Å². The summed E-state index contributed by atoms with van der Waals surface area (Å²) in [6, 6.07) is 0.805. The van der Waals surface area contributed by atoms with Crippen LogP contribution in [0.2, 0.25) is 0 Å². The normalized spacial score (nSPS) is 11.5. The molecule has 4 nitrogen and oxygen atoms in total. The number of hydrogen-bond acceptors (Lipinski definition) is 4. The van der Waals surface area contributed by atoms with Gasteiger partial charge in [0.15, 0.2) is 17.3 Å². The molecule has 0 amide bonds. The van der Waals surface area contributed by atoms with Crippen LogP contribution in [-0.2, 0) is 15.5 Å². The summed E-state index contributed by atoms with van der Waals surface area (Å²) in [5.41, 5.74) is -0.0236. The van der Waals surface area contributed by atoms with Crippen LogP contribution in [0.15, 0.2) is 6.07 Å². The molecule has 1 aromatic carbocycles. The van der Waals surface area contributed by atoms with E-state index in [0.29, 0.717) is 0 Å². The first-order valence-corrected chi connectivity index (χ1v) is 6.90. The molecule has 0 heterocycles. The number of hydrogen-bond donors (Lipinski definition) is 1. The fraction of sp³-hybridized carbons (Fsp3) is 0.333. The molecule has 0 radical (unpaired) electrons. The second-order valence-corrected chi connectivity index (χ2v) is 6.10. The maximum Gasteiger partial charge on any atom is 0.232 e. The van der Waals surface area contributed by atoms with Gasteiger partial charge in [-0.3, -0.25) is 0 Å². The highest BCUT2D eigenvalue weighted by molar-refractivity contribution is 8.13. The van der Waals surface area contributed by atoms with E-state index in [1.54, 1.807) is 0 Å². The van der Waals surface area contributed by atoms with E-state index < -0.39 is 37.9 Å². The number of aryl methyl sites for hydroxylation is 1. The Morgan fingerprint density at radius 1 is 1.47 bits per heavy atom. The number of phenolic OH excluding ortho intramolecular Hbond substituents is 1. The van der Waals surface area contributed by atoms with E-state index in [2.05, 4.69) is 4.74 Å². The minimum atomic E-state index is -3.77. The van der Waals surface area contributed by atoms with Crippen molar-refractivity contribution in [3.05, 3.63) is 23.3 Å². The molecular weight excluding hydrogens is 278 g/mol. The van der Waals surface area contributed by atoms with Gasteiger partial charge in [-0.2, -0.15) is 4.39 Å². The third-order valence-corrected chi connectivity index (χ3v) is 3.20. The van der Waals surface area contributed by atoms with Crippen LogP contribution in [0.1, 0.15) is 5.56 Å². The van der Waals surface area contributed by atoms with E-state index in [4.69, 9.17) is 15.8 Å². The van der Waals surface area contributed by atoms with Crippen LogP contribution in [0.25, 0.3) is 0 Å². The lowest BCUT2D eigenvalue weighted by atomic mass is 10.1. The van der Waals surface area contributed by atoms with E-state index in [9.17, 15) is 17.2 Å². The van der Waals surface area contributed by atoms with Gasteiger partial charge in [-0.25, -0.2) is 12.8 Å². The third-order valence-electron chi connectivity index (χ3n) is 2.05. The zero-order chi connectivity index (χ0) is 13.2. The molecule has 0 atom stereocenters. The molecule has 17 heavy (non-hydrogen) atoms. The first-order valence-electron chi connectivity index (χ1n) is 4.42. The van der Waals surface area contributed by atoms with E-state index in [-0.39, 0.29) is 12.0 Å². The fourth-order valence-electron chi connectivity index (χ4n) is 1.28. The highest BCUT2D eigenvalue weighted by Gasteiger charge is 2.19. The Labute approximate surface area is 101 Å². The fourth-order valence-corrected chi connectivity index (χ4v) is 1.97. The van der Waals surface area contributed by atoms with Crippen LogP contribution in [0, 0.1) is 11.6 Å². The largest absolute Gasteiger partial charge is 0.503 e. The molecule has 0 saturated heterocycles. The van der Waals surface area contributed by atoms with E-state index >= 15 is 0 Å². The maximum atomic E-state index is 13.3. The summed E-state index contributed by atoms with van der Waals surface area (Å²) >= 11 is 0. The minimum absolute atomic E-state index is 0.0236. The Bertz CT molecular complexity index is 530. The van der Waals surface area contributed by atoms with Gasteiger partial charge in [0.2, 0.25) is 14.9 Å². The van der Waals surface area contributed by atoms with Gasteiger partial charge in [-0.15, -0.1) is 0 Å². The van der Waals surface area contributed by atoms with Gasteiger partial charge in [-0.1, -0.05) is 0 Å². The second-order valence-electron chi connectivity index (χ2n) is 3.21. The van der Waals surface area contributed by atoms with Gasteiger partial charge in [0.1, 0.15) is 0 Å². The van der Waals surface area contributed by atoms with Crippen LogP contribution in [0.4, 0.5) is 8.78 Å². The van der Waals surface area contributed by atoms with E-state index in [1.807, 2.05) is 0 Å². The first-order chi connectivity index (χ1) is 7.76. The molecule has 0 fully saturated rings. The van der Waals surface area contributed by atoms with Crippen molar-refractivity contribution in [1.29, 1.82) is 0 Å². The summed E-state index contributed by atoms with van der Waals surface area (Å²) in [7, 11) is 2.33. The predicted molar refractivity (Wildman–Crippen MR) is 57.9 cm³/mol. The van der Waals surface area contributed by atoms with Crippen molar-refractivity contribution in [3.63, 3.8) is 0 Å². The van der Waals surface area contributed by atoms with Gasteiger partial charge in [-0.05, 0) is 12.5 Å². The Kier molecular flexibility index (Phi) is 4.16. The van der Waals surface area contributed by atoms with Crippen molar-refractivity contribution >= 4 is 19.7 Å². The summed E-state index contributed by atoms with van der Waals surface area (Å²) in [6.45, 7) is 0. The van der Waals surface area contributed by atoms with Crippen LogP contribution >= 0.6 is 10.7 Å². The summed E-state index contributed by atoms with van der Waals surface area (Å²) in [4.78, 5) is 0. The lowest BCUT2D eigenvalue weighted by molar-refractivity contribution is 0.346. The number of halogens is 3. The second kappa shape index (κ2) is 5.05. The summed E-state index contributed by atoms with van der Waals surface area (Å²) in [5.74, 6) is -4.52. The Hall–Kier alpha value is -1.08. The Balaban J connectivity index is 3.15. The smallest absolute Gasteiger partial charge is 0.232 e. The number of phenols is 1. The molecule has 1 rings (SSSR count). The van der Waals surface area contributed by atoms with Crippen molar-refractivity contribution in [3.8, 4) is 11.5 Å². The number of rotatable bonds is 4. The lowest BCUT2D eigenvalue weighted by Crippen LogP contribution is -2.05. The summed E-state index contributed by atoms with van der Waals surface area (Å²) in [6.07, 6.45) is -0.219. The van der Waals surface area contributed by atoms with E-state index in [1.165, 1.54) is 0 Å². The molecule has 1 aromatic rings. The monoisotopic (exact) mass is 286 g/mol. The molecule has 0 aliphatic carbocycles. The maximum absolute atomic E-state index is 13.3. The van der Waals surface area contributed by atoms with Crippen LogP contribution in [0.3, 0.4) is 0 Å². The van der Waals surface area contributed by atoms with Crippen molar-refractivity contribution in [2.45, 2.75) is 6.42 Å². The van der Waals surface area contributed by atoms with Crippen LogP contribution < -0.4 is 4.74 Å². The average molecular weight is 287 g/mol. The highest BCUT2D eigenvalue weighted by atomic mass is 35.7. The number of benzene rings is 1. The van der Waals surface area contributed by atoms with Gasteiger partial charge in [0, 0.05) is 16.2 Å². The van der Waals surface area contributed by atoms with E-state index in [0.717, 1.165) is 13.2 Å². The quantitative estimate of drug-likeness (QED) is 0.857. The topological polar surface area (TPSA) is 63.6 Å². The predicted octanol–water partition coefficient (Wildman–Crippen LogP) is 1.79. The Morgan fingerprint density at radius 3 is 2.53 bits per heavy atom. The van der Waals surface area contributed by atoms with Crippen molar-refractivity contribution < 1.29 is 27.0 Å². The van der Waals surface area contributed by atoms with Crippen LogP contribution in [0.5, 0.6) is 11.5 Å². The van der Waals surface area contributed by atoms with Crippen molar-refractivity contribution in [1.82, 2.24) is 0 Å². The molecule has 0 aromatic heterocycles. The van der Waals surface area contributed by atoms with Crippen molar-refractivity contribution in [2.75, 3.05) is 12.9 Å². The molecule has 1 N–H and O–H groups in total. The molecule has 96 valence electrons. The molecule has 0 spiro atoms. The summed E-state index contributed by atoms with van der Waals surface area (Å²) in [5, 5.41) is 9.00. The zero-order valence-corrected chi connectivity index (χ0v) is 10.3. The standard InChI is InChI=1S/C9H9ClF2O4S/c1-16-9-5(2-3-17(10,14)15)4-6(11)8(13)7(9)12/h4,13H,2-3H2,1H3. The molecule has 8 heteroatoms. The molecule has 0 aliphatic rings. The lowest BCUT2D eigenvalue weighted by Gasteiger charge is -2.10. The molecule has 0 aliphatic heterocycles. The summed E-state index contributed by atoms with van der Waals surface area (Å²) < 4.78 is 52.5. The SMILES string of the molecule is COc1c(CCS(=O)(=O)Cl)cc(F)c(O)c1F. The van der Waals surface area contributed by atoms with Gasteiger partial charge < -0.3 is 9.84 Å². The highest BCUT2D eigenvalue weighted by Crippen LogP contribution is 2.32. The minimum Gasteiger partial charge on any atom is -0.503 e. The van der Waals surface area contributed by atoms with Crippen molar-refractivity contribution in [2.24, 2.45) is 0 Å². The first kappa shape index (κ1) is 14.0. The Morgan fingerprint density at radius 2 is 2.06 bits per heavy atom. The molecule has 0 saturated carbocycles. The van der Waals surface area contributed by atoms with Gasteiger partial charge in [0.25, 0.3) is 0 Å². The van der Waals surface area contributed by atoms with Gasteiger partial charge in [0.05, 0.1) is 12.9 Å². The number of methoxy groups -OCH3 is 1. The molecule has 0 bridgehead atoms. The molecule has 0 unspecified atom stereocenters. The average Bonchev–Trinajstić information content (AvgIpc) is 2.22. The molecular formula is C9H9ClF2O4S. The zero-order valence-electron chi connectivity index (χ0n) is 8.71. The van der Waals surface area contributed by atoms with Crippen LogP contribution in [-0.4, -0.2) is 26.4 Å². The number of aromatic hydroxyl groups is 1. The third kappa shape index (κ3) is 3.44.